The summed E-state index contributed by atoms with van der Waals surface area (Å²) in [4.78, 5) is 4.57. The summed E-state index contributed by atoms with van der Waals surface area (Å²) >= 11 is 5.96. The van der Waals surface area contributed by atoms with Gasteiger partial charge in [0.15, 0.2) is 0 Å². The van der Waals surface area contributed by atoms with Gasteiger partial charge in [0.2, 0.25) is 0 Å². The molecule has 1 aliphatic rings. The maximum Gasteiger partial charge on any atom is 0.137 e. The van der Waals surface area contributed by atoms with Crippen LogP contribution in [0.5, 0.6) is 0 Å². The van der Waals surface area contributed by atoms with Crippen molar-refractivity contribution >= 4 is 17.2 Å². The molecule has 0 radical (unpaired) electrons. The van der Waals surface area contributed by atoms with Gasteiger partial charge in [0.1, 0.15) is 5.65 Å². The molecule has 1 aliphatic heterocycles. The Hall–Kier alpha value is -1.10. The molecule has 0 bridgehead atoms. The van der Waals surface area contributed by atoms with Gasteiger partial charge in [0, 0.05) is 31.0 Å². The van der Waals surface area contributed by atoms with E-state index in [1.54, 1.807) is 0 Å². The second-order valence-electron chi connectivity index (χ2n) is 5.19. The normalized spacial score (nSPS) is 23.9. The summed E-state index contributed by atoms with van der Waals surface area (Å²) in [6.07, 6.45) is 5.07. The molecule has 2 aromatic rings. The van der Waals surface area contributed by atoms with Crippen LogP contribution < -0.4 is 10.6 Å². The number of nitrogens with one attached hydrogen (secondary N) is 2. The van der Waals surface area contributed by atoms with Gasteiger partial charge >= 0.3 is 0 Å². The molecular weight excluding hydrogens is 248 g/mol. The van der Waals surface area contributed by atoms with Crippen LogP contribution in [0.1, 0.15) is 19.0 Å². The average molecular weight is 265 g/mol. The highest BCUT2D eigenvalue weighted by Crippen LogP contribution is 2.15. The number of halogens is 1. The van der Waals surface area contributed by atoms with Crippen molar-refractivity contribution in [2.75, 3.05) is 13.1 Å². The zero-order chi connectivity index (χ0) is 12.6. The number of nitrogens with zero attached hydrogens (tertiary/aromatic N) is 2. The number of pyridine rings is 1. The molecule has 3 heterocycles. The van der Waals surface area contributed by atoms with Gasteiger partial charge in [-0.05, 0) is 32.0 Å². The van der Waals surface area contributed by atoms with Crippen LogP contribution in [0.2, 0.25) is 5.02 Å². The Morgan fingerprint density at radius 1 is 1.50 bits per heavy atom. The smallest absolute Gasteiger partial charge is 0.137 e. The van der Waals surface area contributed by atoms with Crippen molar-refractivity contribution in [3.05, 3.63) is 35.2 Å². The van der Waals surface area contributed by atoms with Crippen LogP contribution in [-0.4, -0.2) is 28.0 Å². The van der Waals surface area contributed by atoms with Crippen LogP contribution in [0.3, 0.4) is 0 Å². The average Bonchev–Trinajstić information content (AvgIpc) is 2.93. The highest BCUT2D eigenvalue weighted by Gasteiger charge is 2.27. The molecule has 0 aliphatic carbocycles. The quantitative estimate of drug-likeness (QED) is 0.889. The molecule has 2 N–H and O–H groups in total. The van der Waals surface area contributed by atoms with Crippen LogP contribution in [-0.2, 0) is 6.54 Å². The fraction of sp³-hybridized carbons (Fsp3) is 0.462. The van der Waals surface area contributed by atoms with E-state index in [4.69, 9.17) is 11.6 Å². The van der Waals surface area contributed by atoms with Crippen LogP contribution in [0.25, 0.3) is 5.65 Å². The summed E-state index contributed by atoms with van der Waals surface area (Å²) in [7, 11) is 0. The molecule has 0 saturated carbocycles. The lowest BCUT2D eigenvalue weighted by Gasteiger charge is -2.23. The third-order valence-corrected chi connectivity index (χ3v) is 3.75. The van der Waals surface area contributed by atoms with E-state index in [1.807, 2.05) is 28.9 Å². The van der Waals surface area contributed by atoms with Crippen molar-refractivity contribution in [2.45, 2.75) is 25.4 Å². The first-order valence-corrected chi connectivity index (χ1v) is 6.61. The van der Waals surface area contributed by atoms with Gasteiger partial charge in [-0.1, -0.05) is 11.6 Å². The molecule has 4 nitrogen and oxygen atoms in total. The lowest BCUT2D eigenvalue weighted by Crippen LogP contribution is -2.43. The Bertz CT molecular complexity index is 557. The van der Waals surface area contributed by atoms with Crippen molar-refractivity contribution < 1.29 is 0 Å². The van der Waals surface area contributed by atoms with Gasteiger partial charge in [0.25, 0.3) is 0 Å². The molecule has 5 heteroatoms. The monoisotopic (exact) mass is 264 g/mol. The van der Waals surface area contributed by atoms with Gasteiger partial charge in [-0.15, -0.1) is 0 Å². The molecule has 0 aromatic carbocycles. The Morgan fingerprint density at radius 3 is 3.17 bits per heavy atom. The summed E-state index contributed by atoms with van der Waals surface area (Å²) in [6.45, 7) is 5.15. The zero-order valence-corrected chi connectivity index (χ0v) is 11.2. The van der Waals surface area contributed by atoms with Gasteiger partial charge in [-0.25, -0.2) is 4.98 Å². The fourth-order valence-corrected chi connectivity index (χ4v) is 2.54. The van der Waals surface area contributed by atoms with E-state index in [-0.39, 0.29) is 5.54 Å². The largest absolute Gasteiger partial charge is 0.315 e. The second kappa shape index (κ2) is 4.53. The molecule has 18 heavy (non-hydrogen) atoms. The summed E-state index contributed by atoms with van der Waals surface area (Å²) in [6, 6.07) is 3.80. The Morgan fingerprint density at radius 2 is 2.39 bits per heavy atom. The first-order valence-electron chi connectivity index (χ1n) is 6.24. The number of hydrogen-bond acceptors (Lipinski definition) is 3. The van der Waals surface area contributed by atoms with Crippen LogP contribution in [0.4, 0.5) is 0 Å². The Balaban J connectivity index is 1.74. The molecule has 0 spiro atoms. The molecule has 1 fully saturated rings. The van der Waals surface area contributed by atoms with Crippen molar-refractivity contribution in [2.24, 2.45) is 0 Å². The van der Waals surface area contributed by atoms with E-state index >= 15 is 0 Å². The zero-order valence-electron chi connectivity index (χ0n) is 10.4. The van der Waals surface area contributed by atoms with E-state index in [9.17, 15) is 0 Å². The molecule has 96 valence electrons. The van der Waals surface area contributed by atoms with E-state index < -0.39 is 0 Å². The van der Waals surface area contributed by atoms with E-state index in [0.717, 1.165) is 42.4 Å². The summed E-state index contributed by atoms with van der Waals surface area (Å²) < 4.78 is 1.97. The number of imidazole rings is 1. The number of fused-ring (bicyclic) bond motifs is 1. The van der Waals surface area contributed by atoms with Crippen molar-refractivity contribution in [3.63, 3.8) is 0 Å². The maximum atomic E-state index is 5.96. The lowest BCUT2D eigenvalue weighted by molar-refractivity contribution is 0.384. The Kier molecular flexibility index (Phi) is 3.01. The van der Waals surface area contributed by atoms with Gasteiger partial charge < -0.3 is 15.0 Å². The first-order chi connectivity index (χ1) is 8.65. The van der Waals surface area contributed by atoms with Crippen molar-refractivity contribution in [3.8, 4) is 0 Å². The van der Waals surface area contributed by atoms with Gasteiger partial charge in [-0.2, -0.15) is 0 Å². The molecule has 3 rings (SSSR count). The highest BCUT2D eigenvalue weighted by molar-refractivity contribution is 6.30. The number of aromatic nitrogens is 2. The third-order valence-electron chi connectivity index (χ3n) is 3.53. The third kappa shape index (κ3) is 2.36. The van der Waals surface area contributed by atoms with Crippen molar-refractivity contribution in [1.29, 1.82) is 0 Å². The van der Waals surface area contributed by atoms with E-state index in [1.165, 1.54) is 0 Å². The number of hydrogen-bond donors (Lipinski definition) is 2. The highest BCUT2D eigenvalue weighted by atomic mass is 35.5. The summed E-state index contributed by atoms with van der Waals surface area (Å²) in [5, 5.41) is 7.68. The van der Waals surface area contributed by atoms with Gasteiger partial charge in [0.05, 0.1) is 10.7 Å². The van der Waals surface area contributed by atoms with Crippen LogP contribution in [0, 0.1) is 0 Å². The fourth-order valence-electron chi connectivity index (χ4n) is 2.37. The topological polar surface area (TPSA) is 41.4 Å². The van der Waals surface area contributed by atoms with Crippen molar-refractivity contribution in [1.82, 2.24) is 20.0 Å². The minimum atomic E-state index is 0.188. The SMILES string of the molecule is CC1(NCc2cn3cc(Cl)ccc3n2)CCNC1. The summed E-state index contributed by atoms with van der Waals surface area (Å²) in [5.74, 6) is 0. The van der Waals surface area contributed by atoms with E-state index in [0.29, 0.717) is 0 Å². The maximum absolute atomic E-state index is 5.96. The predicted octanol–water partition coefficient (Wildman–Crippen LogP) is 1.83. The lowest BCUT2D eigenvalue weighted by atomic mass is 10.0. The summed E-state index contributed by atoms with van der Waals surface area (Å²) in [5.41, 5.74) is 2.17. The standard InChI is InChI=1S/C13H17ClN4/c1-13(4-5-15-9-13)16-6-11-8-18-7-10(14)2-3-12(18)17-11/h2-3,7-8,15-16H,4-6,9H2,1H3. The first kappa shape index (κ1) is 12.0. The predicted molar refractivity (Wildman–Crippen MR) is 72.9 cm³/mol. The molecule has 1 atom stereocenters. The number of rotatable bonds is 3. The Labute approximate surface area is 111 Å². The molecule has 2 aromatic heterocycles. The van der Waals surface area contributed by atoms with Crippen LogP contribution in [0.15, 0.2) is 24.5 Å². The van der Waals surface area contributed by atoms with Gasteiger partial charge in [-0.3, -0.25) is 0 Å². The minimum Gasteiger partial charge on any atom is -0.315 e. The minimum absolute atomic E-state index is 0.188. The van der Waals surface area contributed by atoms with Crippen LogP contribution >= 0.6 is 11.6 Å². The molecule has 1 saturated heterocycles. The molecule has 0 amide bonds. The molecular formula is C13H17ClN4. The van der Waals surface area contributed by atoms with E-state index in [2.05, 4.69) is 22.5 Å². The second-order valence-corrected chi connectivity index (χ2v) is 5.62. The molecule has 1 unspecified atom stereocenters.